The van der Waals surface area contributed by atoms with Gasteiger partial charge in [0.1, 0.15) is 5.75 Å². The highest BCUT2D eigenvalue weighted by Gasteiger charge is 2.34. The van der Waals surface area contributed by atoms with Crippen LogP contribution in [0.15, 0.2) is 48.5 Å². The number of benzene rings is 2. The molecule has 0 radical (unpaired) electrons. The molecule has 126 valence electrons. The van der Waals surface area contributed by atoms with Gasteiger partial charge in [-0.25, -0.2) is 4.79 Å². The van der Waals surface area contributed by atoms with Gasteiger partial charge in [-0.15, -0.1) is 0 Å². The Bertz CT molecular complexity index is 730. The van der Waals surface area contributed by atoms with Gasteiger partial charge in [0.2, 0.25) is 0 Å². The van der Waals surface area contributed by atoms with E-state index in [0.29, 0.717) is 0 Å². The zero-order valence-electron chi connectivity index (χ0n) is 14.3. The zero-order chi connectivity index (χ0) is 17.3. The van der Waals surface area contributed by atoms with Crippen molar-refractivity contribution in [2.24, 2.45) is 5.73 Å². The Hall–Kier alpha value is -2.69. The van der Waals surface area contributed by atoms with Crippen LogP contribution in [0.5, 0.6) is 5.75 Å². The SMILES string of the molecule is COc1ccc(N(C)C2CC(C)N(C(N)=O)c3ccccc32)cc1. The van der Waals surface area contributed by atoms with E-state index in [4.69, 9.17) is 10.5 Å². The number of methoxy groups -OCH3 is 1. The minimum Gasteiger partial charge on any atom is -0.497 e. The van der Waals surface area contributed by atoms with Gasteiger partial charge in [0.05, 0.1) is 18.8 Å². The van der Waals surface area contributed by atoms with E-state index in [2.05, 4.69) is 18.0 Å². The van der Waals surface area contributed by atoms with E-state index < -0.39 is 6.03 Å². The second kappa shape index (κ2) is 6.43. The summed E-state index contributed by atoms with van der Waals surface area (Å²) in [6, 6.07) is 15.8. The number of ether oxygens (including phenoxy) is 1. The largest absolute Gasteiger partial charge is 0.497 e. The van der Waals surface area contributed by atoms with Crippen LogP contribution in [-0.2, 0) is 0 Å². The molecule has 1 aliphatic heterocycles. The Kier molecular flexibility index (Phi) is 4.34. The molecule has 5 heteroatoms. The number of primary amides is 1. The van der Waals surface area contributed by atoms with Gasteiger partial charge in [0.15, 0.2) is 0 Å². The van der Waals surface area contributed by atoms with Crippen molar-refractivity contribution in [3.8, 4) is 5.75 Å². The molecule has 2 N–H and O–H groups in total. The first kappa shape index (κ1) is 16.2. The van der Waals surface area contributed by atoms with Gasteiger partial charge < -0.3 is 15.4 Å². The standard InChI is InChI=1S/C19H23N3O2/c1-13-12-18(21(2)14-8-10-15(24-3)11-9-14)16-6-4-5-7-17(16)22(13)19(20)23/h4-11,13,18H,12H2,1-3H3,(H2,20,23). The Labute approximate surface area is 142 Å². The van der Waals surface area contributed by atoms with E-state index in [9.17, 15) is 4.79 Å². The third kappa shape index (κ3) is 2.77. The number of anilines is 2. The predicted octanol–water partition coefficient (Wildman–Crippen LogP) is 3.55. The highest BCUT2D eigenvalue weighted by molar-refractivity contribution is 5.93. The molecule has 0 saturated carbocycles. The second-order valence-electron chi connectivity index (χ2n) is 6.18. The van der Waals surface area contributed by atoms with Gasteiger partial charge in [-0.05, 0) is 49.2 Å². The number of amides is 2. The normalized spacial score (nSPS) is 19.5. The summed E-state index contributed by atoms with van der Waals surface area (Å²) < 4.78 is 5.23. The summed E-state index contributed by atoms with van der Waals surface area (Å²) in [6.07, 6.45) is 0.822. The van der Waals surface area contributed by atoms with E-state index >= 15 is 0 Å². The number of fused-ring (bicyclic) bond motifs is 1. The molecule has 2 aromatic carbocycles. The van der Waals surface area contributed by atoms with Crippen molar-refractivity contribution in [1.29, 1.82) is 0 Å². The Morgan fingerprint density at radius 3 is 2.50 bits per heavy atom. The third-order valence-electron chi connectivity index (χ3n) is 4.75. The van der Waals surface area contributed by atoms with Crippen LogP contribution in [-0.4, -0.2) is 26.2 Å². The lowest BCUT2D eigenvalue weighted by Gasteiger charge is -2.42. The van der Waals surface area contributed by atoms with Crippen LogP contribution in [0.1, 0.15) is 24.9 Å². The molecule has 2 amide bonds. The summed E-state index contributed by atoms with van der Waals surface area (Å²) in [6.45, 7) is 2.04. The van der Waals surface area contributed by atoms with Crippen LogP contribution in [0.4, 0.5) is 16.2 Å². The average molecular weight is 325 g/mol. The van der Waals surface area contributed by atoms with Gasteiger partial charge in [0.25, 0.3) is 0 Å². The van der Waals surface area contributed by atoms with Crippen LogP contribution in [0.25, 0.3) is 0 Å². The molecule has 2 unspecified atom stereocenters. The van der Waals surface area contributed by atoms with Crippen molar-refractivity contribution in [1.82, 2.24) is 0 Å². The molecule has 1 heterocycles. The summed E-state index contributed by atoms with van der Waals surface area (Å²) in [5.74, 6) is 0.837. The van der Waals surface area contributed by atoms with E-state index in [1.807, 2.05) is 49.4 Å². The van der Waals surface area contributed by atoms with Crippen molar-refractivity contribution in [2.45, 2.75) is 25.4 Å². The van der Waals surface area contributed by atoms with Gasteiger partial charge in [0, 0.05) is 18.8 Å². The number of carbonyl (C=O) groups is 1. The zero-order valence-corrected chi connectivity index (χ0v) is 14.3. The average Bonchev–Trinajstić information content (AvgIpc) is 2.60. The number of para-hydroxylation sites is 1. The Morgan fingerprint density at radius 2 is 1.88 bits per heavy atom. The van der Waals surface area contributed by atoms with Crippen molar-refractivity contribution >= 4 is 17.4 Å². The molecule has 0 spiro atoms. The molecule has 0 aliphatic carbocycles. The summed E-state index contributed by atoms with van der Waals surface area (Å²) >= 11 is 0. The predicted molar refractivity (Wildman–Crippen MR) is 96.7 cm³/mol. The summed E-state index contributed by atoms with van der Waals surface area (Å²) in [7, 11) is 3.74. The maximum absolute atomic E-state index is 11.9. The second-order valence-corrected chi connectivity index (χ2v) is 6.18. The maximum Gasteiger partial charge on any atom is 0.319 e. The number of rotatable bonds is 3. The lowest BCUT2D eigenvalue weighted by molar-refractivity contribution is 0.250. The van der Waals surface area contributed by atoms with Crippen LogP contribution in [0.2, 0.25) is 0 Å². The number of hydrogen-bond donors (Lipinski definition) is 1. The minimum atomic E-state index is -0.402. The molecule has 1 aliphatic rings. The molecule has 24 heavy (non-hydrogen) atoms. The van der Waals surface area contributed by atoms with Gasteiger partial charge >= 0.3 is 6.03 Å². The van der Waals surface area contributed by atoms with E-state index in [0.717, 1.165) is 29.1 Å². The van der Waals surface area contributed by atoms with Crippen molar-refractivity contribution in [3.05, 3.63) is 54.1 Å². The van der Waals surface area contributed by atoms with Crippen LogP contribution >= 0.6 is 0 Å². The molecule has 5 nitrogen and oxygen atoms in total. The molecule has 2 atom stereocenters. The summed E-state index contributed by atoms with van der Waals surface area (Å²) in [5.41, 5.74) is 8.72. The third-order valence-corrected chi connectivity index (χ3v) is 4.75. The van der Waals surface area contributed by atoms with Crippen LogP contribution in [0, 0.1) is 0 Å². The highest BCUT2D eigenvalue weighted by atomic mass is 16.5. The molecule has 0 fully saturated rings. The summed E-state index contributed by atoms with van der Waals surface area (Å²) in [5, 5.41) is 0. The number of nitrogens with two attached hydrogens (primary N) is 1. The monoisotopic (exact) mass is 325 g/mol. The molecule has 3 rings (SSSR count). The van der Waals surface area contributed by atoms with Gasteiger partial charge in [-0.2, -0.15) is 0 Å². The molecular weight excluding hydrogens is 302 g/mol. The molecule has 2 aromatic rings. The van der Waals surface area contributed by atoms with Crippen LogP contribution in [0.3, 0.4) is 0 Å². The van der Waals surface area contributed by atoms with Crippen molar-refractivity contribution < 1.29 is 9.53 Å². The van der Waals surface area contributed by atoms with Gasteiger partial charge in [-0.1, -0.05) is 18.2 Å². The highest BCUT2D eigenvalue weighted by Crippen LogP contribution is 2.41. The van der Waals surface area contributed by atoms with E-state index in [1.165, 1.54) is 0 Å². The fourth-order valence-corrected chi connectivity index (χ4v) is 3.48. The smallest absolute Gasteiger partial charge is 0.319 e. The maximum atomic E-state index is 11.9. The van der Waals surface area contributed by atoms with Gasteiger partial charge in [-0.3, -0.25) is 4.90 Å². The number of urea groups is 1. The Morgan fingerprint density at radius 1 is 1.21 bits per heavy atom. The number of hydrogen-bond acceptors (Lipinski definition) is 3. The van der Waals surface area contributed by atoms with E-state index in [-0.39, 0.29) is 12.1 Å². The first-order valence-corrected chi connectivity index (χ1v) is 8.07. The minimum absolute atomic E-state index is 0.0445. The Balaban J connectivity index is 1.98. The number of nitrogens with zero attached hydrogens (tertiary/aromatic N) is 2. The fraction of sp³-hybridized carbons (Fsp3) is 0.316. The lowest BCUT2D eigenvalue weighted by Crippen LogP contribution is -2.48. The molecule has 0 saturated heterocycles. The topological polar surface area (TPSA) is 58.8 Å². The summed E-state index contributed by atoms with van der Waals surface area (Å²) in [4.78, 5) is 15.8. The fourth-order valence-electron chi connectivity index (χ4n) is 3.48. The first-order chi connectivity index (χ1) is 11.5. The van der Waals surface area contributed by atoms with Crippen LogP contribution < -0.4 is 20.3 Å². The van der Waals surface area contributed by atoms with Crippen molar-refractivity contribution in [2.75, 3.05) is 24.0 Å². The molecule has 0 aromatic heterocycles. The lowest BCUT2D eigenvalue weighted by atomic mass is 9.90. The molecular formula is C19H23N3O2. The van der Waals surface area contributed by atoms with Crippen molar-refractivity contribution in [3.63, 3.8) is 0 Å². The first-order valence-electron chi connectivity index (χ1n) is 8.07. The number of carbonyl (C=O) groups excluding carboxylic acids is 1. The quantitative estimate of drug-likeness (QED) is 0.939. The van der Waals surface area contributed by atoms with E-state index in [1.54, 1.807) is 12.0 Å². The molecule has 0 bridgehead atoms.